The van der Waals surface area contributed by atoms with Gasteiger partial charge in [-0.1, -0.05) is 57.7 Å². The molecule has 0 saturated heterocycles. The molecule has 0 amide bonds. The monoisotopic (exact) mass is 540 g/mol. The number of pyridine rings is 1. The summed E-state index contributed by atoms with van der Waals surface area (Å²) in [5.74, 6) is 1.12. The molecule has 0 atom stereocenters. The number of Topliss-reactive ketones (excluding diaryl/α,β-unsaturated/α-hetero) is 1. The minimum Gasteiger partial charge on any atom is -0.478 e. The number of rotatable bonds is 15. The predicted molar refractivity (Wildman–Crippen MR) is 150 cm³/mol. The fourth-order valence-electron chi connectivity index (χ4n) is 4.39. The lowest BCUT2D eigenvalue weighted by Gasteiger charge is -2.28. The number of H-pyrrole nitrogens is 1. The van der Waals surface area contributed by atoms with Crippen molar-refractivity contribution in [3.05, 3.63) is 57.6 Å². The molecular weight excluding hydrogens is 504 g/mol. The molecule has 0 aliphatic heterocycles. The fourth-order valence-corrected chi connectivity index (χ4v) is 4.59. The van der Waals surface area contributed by atoms with Gasteiger partial charge in [0.05, 0.1) is 11.6 Å². The Kier molecular flexibility index (Phi) is 11.0. The average Bonchev–Trinajstić information content (AvgIpc) is 2.93. The van der Waals surface area contributed by atoms with Crippen LogP contribution >= 0.6 is 11.6 Å². The van der Waals surface area contributed by atoms with Gasteiger partial charge in [0.25, 0.3) is 0 Å². The molecule has 1 aromatic carbocycles. The topological polar surface area (TPSA) is 107 Å². The molecule has 3 rings (SSSR count). The Balaban J connectivity index is 1.78. The van der Waals surface area contributed by atoms with Crippen LogP contribution in [0.4, 0.5) is 0 Å². The maximum Gasteiger partial charge on any atom is 0.348 e. The second-order valence-corrected chi connectivity index (χ2v) is 9.67. The fraction of sp³-hybridized carbons (Fsp3) is 0.483. The number of nitrogens with one attached hydrogen (secondary N) is 1. The minimum absolute atomic E-state index is 0.0696. The van der Waals surface area contributed by atoms with Crippen LogP contribution < -0.4 is 10.4 Å². The van der Waals surface area contributed by atoms with E-state index in [-0.39, 0.29) is 11.6 Å². The number of methoxy groups -OCH3 is 1. The number of aromatic amines is 1. The summed E-state index contributed by atoms with van der Waals surface area (Å²) >= 11 is 6.49. The second kappa shape index (κ2) is 14.2. The van der Waals surface area contributed by atoms with Crippen LogP contribution in [0.1, 0.15) is 71.3 Å². The van der Waals surface area contributed by atoms with Gasteiger partial charge in [0.2, 0.25) is 5.88 Å². The number of benzene rings is 1. The van der Waals surface area contributed by atoms with Gasteiger partial charge in [-0.2, -0.15) is 4.98 Å². The summed E-state index contributed by atoms with van der Waals surface area (Å²) in [5.41, 5.74) is 0.739. The average molecular weight is 541 g/mol. The number of nitrogens with zero attached hydrogens (tertiary/aromatic N) is 3. The van der Waals surface area contributed by atoms with Crippen LogP contribution in [0.3, 0.4) is 0 Å². The number of hydrogen-bond donors (Lipinski definition) is 1. The van der Waals surface area contributed by atoms with Crippen molar-refractivity contribution in [2.24, 2.45) is 0 Å². The third-order valence-electron chi connectivity index (χ3n) is 6.86. The van der Waals surface area contributed by atoms with Crippen LogP contribution in [-0.4, -0.2) is 45.0 Å². The van der Waals surface area contributed by atoms with Crippen molar-refractivity contribution in [3.8, 4) is 28.7 Å². The van der Waals surface area contributed by atoms with E-state index in [4.69, 9.17) is 21.1 Å². The van der Waals surface area contributed by atoms with Gasteiger partial charge in [0, 0.05) is 36.9 Å². The van der Waals surface area contributed by atoms with Gasteiger partial charge in [0.15, 0.2) is 11.6 Å². The second-order valence-electron chi connectivity index (χ2n) is 9.26. The van der Waals surface area contributed by atoms with Gasteiger partial charge in [-0.05, 0) is 49.4 Å². The maximum absolute atomic E-state index is 12.9. The molecule has 0 unspecified atom stereocenters. The third-order valence-corrected chi connectivity index (χ3v) is 7.19. The van der Waals surface area contributed by atoms with Gasteiger partial charge >= 0.3 is 5.69 Å². The molecule has 38 heavy (non-hydrogen) atoms. The first-order valence-corrected chi connectivity index (χ1v) is 13.7. The molecule has 0 saturated carbocycles. The number of ketones is 1. The molecule has 0 fully saturated rings. The van der Waals surface area contributed by atoms with Crippen LogP contribution in [-0.2, 0) is 16.0 Å². The van der Waals surface area contributed by atoms with Crippen molar-refractivity contribution in [1.29, 1.82) is 0 Å². The zero-order valence-corrected chi connectivity index (χ0v) is 23.4. The van der Waals surface area contributed by atoms with E-state index in [1.165, 1.54) is 12.8 Å². The number of carbonyl (C=O) groups excluding carboxylic acids is 1. The van der Waals surface area contributed by atoms with E-state index in [0.29, 0.717) is 60.1 Å². The quantitative estimate of drug-likeness (QED) is 0.228. The third kappa shape index (κ3) is 7.48. The lowest BCUT2D eigenvalue weighted by atomic mass is 9.88. The summed E-state index contributed by atoms with van der Waals surface area (Å²) in [7, 11) is 1.58. The summed E-state index contributed by atoms with van der Waals surface area (Å²) in [6.07, 6.45) is 8.16. The van der Waals surface area contributed by atoms with E-state index in [1.54, 1.807) is 31.5 Å². The number of hydrogen-bond acceptors (Lipinski definition) is 7. The number of halogens is 1. The van der Waals surface area contributed by atoms with E-state index in [9.17, 15) is 9.59 Å². The Morgan fingerprint density at radius 3 is 2.50 bits per heavy atom. The van der Waals surface area contributed by atoms with Gasteiger partial charge in [-0.3, -0.25) is 9.78 Å². The molecule has 0 bridgehead atoms. The van der Waals surface area contributed by atoms with Gasteiger partial charge in [0.1, 0.15) is 11.4 Å². The highest BCUT2D eigenvalue weighted by molar-refractivity contribution is 6.33. The molecule has 204 valence electrons. The smallest absolute Gasteiger partial charge is 0.348 e. The van der Waals surface area contributed by atoms with E-state index in [0.717, 1.165) is 18.4 Å². The Morgan fingerprint density at radius 2 is 1.84 bits per heavy atom. The normalized spacial score (nSPS) is 11.5. The molecular formula is C29H37ClN4O4. The molecule has 0 radical (unpaired) electrons. The highest BCUT2D eigenvalue weighted by Crippen LogP contribution is 2.29. The minimum atomic E-state index is -0.758. The summed E-state index contributed by atoms with van der Waals surface area (Å²) in [6, 6.07) is 8.99. The summed E-state index contributed by atoms with van der Waals surface area (Å²) < 4.78 is 11.3. The van der Waals surface area contributed by atoms with E-state index >= 15 is 0 Å². The van der Waals surface area contributed by atoms with Crippen LogP contribution in [0, 0.1) is 0 Å². The Morgan fingerprint density at radius 1 is 1.05 bits per heavy atom. The van der Waals surface area contributed by atoms with Crippen LogP contribution in [0.2, 0.25) is 5.02 Å². The molecule has 3 aromatic rings. The van der Waals surface area contributed by atoms with Gasteiger partial charge < -0.3 is 9.47 Å². The van der Waals surface area contributed by atoms with Crippen molar-refractivity contribution in [3.63, 3.8) is 0 Å². The van der Waals surface area contributed by atoms with Crippen LogP contribution in [0.15, 0.2) is 41.3 Å². The summed E-state index contributed by atoms with van der Waals surface area (Å²) in [4.78, 5) is 40.9. The number of aryl methyl sites for hydroxylation is 1. The highest BCUT2D eigenvalue weighted by Gasteiger charge is 2.33. The van der Waals surface area contributed by atoms with Crippen molar-refractivity contribution in [2.75, 3.05) is 13.7 Å². The van der Waals surface area contributed by atoms with Crippen LogP contribution in [0.25, 0.3) is 22.8 Å². The predicted octanol–water partition coefficient (Wildman–Crippen LogP) is 6.21. The Labute approximate surface area is 229 Å². The van der Waals surface area contributed by atoms with E-state index in [2.05, 4.69) is 26.9 Å². The molecule has 8 nitrogen and oxygen atoms in total. The zero-order chi connectivity index (χ0) is 27.5. The summed E-state index contributed by atoms with van der Waals surface area (Å²) in [5, 5.41) is 0.429. The van der Waals surface area contributed by atoms with Crippen molar-refractivity contribution in [1.82, 2.24) is 19.9 Å². The summed E-state index contributed by atoms with van der Waals surface area (Å²) in [6.45, 7) is 6.70. The lowest BCUT2D eigenvalue weighted by molar-refractivity contribution is -0.142. The largest absolute Gasteiger partial charge is 0.478 e. The van der Waals surface area contributed by atoms with E-state index < -0.39 is 11.3 Å². The lowest BCUT2D eigenvalue weighted by Crippen LogP contribution is -2.39. The molecule has 1 N–H and O–H groups in total. The number of ether oxygens (including phenoxy) is 2. The van der Waals surface area contributed by atoms with Crippen molar-refractivity contribution in [2.45, 2.75) is 77.7 Å². The molecule has 0 spiro atoms. The number of unbranched alkanes of at least 4 members (excludes halogenated alkanes) is 3. The first kappa shape index (κ1) is 29.5. The number of carbonyl (C=O) groups is 1. The van der Waals surface area contributed by atoms with E-state index in [1.807, 2.05) is 26.0 Å². The maximum atomic E-state index is 12.9. The number of aromatic nitrogens is 4. The van der Waals surface area contributed by atoms with Gasteiger partial charge in [-0.25, -0.2) is 14.8 Å². The molecule has 2 heterocycles. The van der Waals surface area contributed by atoms with Crippen molar-refractivity contribution < 1.29 is 14.3 Å². The first-order valence-electron chi connectivity index (χ1n) is 13.3. The van der Waals surface area contributed by atoms with Crippen molar-refractivity contribution >= 4 is 17.4 Å². The SMILES string of the molecule is CCCCCCOc1ccc(-c2nc(-c3cc(CCC(=O)C(CC)(CC)OC)ccc3Cl)[nH]c(=O)n2)cn1. The standard InChI is InChI=1S/C29H37ClN4O4/c1-5-8-9-10-17-38-25-16-13-21(19-31-25)26-32-27(34-28(36)33-26)22-18-20(11-14-23(22)30)12-15-24(35)29(6-2,7-3)37-4/h11,13-14,16,18-19H,5-10,12,15,17H2,1-4H3,(H,32,33,34,36). The van der Waals surface area contributed by atoms with Crippen LogP contribution in [0.5, 0.6) is 5.88 Å². The molecule has 2 aromatic heterocycles. The first-order chi connectivity index (χ1) is 18.4. The Bertz CT molecular complexity index is 1250. The zero-order valence-electron chi connectivity index (χ0n) is 22.7. The van der Waals surface area contributed by atoms with Gasteiger partial charge in [-0.15, -0.1) is 0 Å². The molecule has 0 aliphatic rings. The highest BCUT2D eigenvalue weighted by atomic mass is 35.5. The Hall–Kier alpha value is -3.10. The molecule has 9 heteroatoms. The molecule has 0 aliphatic carbocycles.